The van der Waals surface area contributed by atoms with Crippen LogP contribution in [0, 0.1) is 11.8 Å². The van der Waals surface area contributed by atoms with E-state index in [-0.39, 0.29) is 0 Å². The Labute approximate surface area is 83.3 Å². The zero-order chi connectivity index (χ0) is 9.68. The molecule has 1 aliphatic carbocycles. The molecule has 0 aromatic rings. The van der Waals surface area contributed by atoms with E-state index < -0.39 is 0 Å². The zero-order valence-electron chi connectivity index (χ0n) is 9.47. The van der Waals surface area contributed by atoms with Crippen LogP contribution in [0.25, 0.3) is 0 Å². The minimum Gasteiger partial charge on any atom is -0.317 e. The first-order valence-electron chi connectivity index (χ1n) is 5.99. The molecular weight excluding hydrogens is 158 g/mol. The number of hydrogen-bond acceptors (Lipinski definition) is 1. The van der Waals surface area contributed by atoms with Crippen LogP contribution in [0.1, 0.15) is 52.4 Å². The molecule has 1 saturated carbocycles. The summed E-state index contributed by atoms with van der Waals surface area (Å²) in [7, 11) is 2.11. The molecule has 0 bridgehead atoms. The van der Waals surface area contributed by atoms with Crippen molar-refractivity contribution in [3.63, 3.8) is 0 Å². The van der Waals surface area contributed by atoms with Gasteiger partial charge in [0, 0.05) is 6.04 Å². The van der Waals surface area contributed by atoms with Gasteiger partial charge in [0.05, 0.1) is 0 Å². The van der Waals surface area contributed by atoms with Crippen molar-refractivity contribution < 1.29 is 0 Å². The molecule has 0 aliphatic heterocycles. The second-order valence-electron chi connectivity index (χ2n) is 4.49. The van der Waals surface area contributed by atoms with Gasteiger partial charge in [-0.1, -0.05) is 33.1 Å². The van der Waals surface area contributed by atoms with Crippen LogP contribution in [0.4, 0.5) is 0 Å². The molecule has 1 fully saturated rings. The largest absolute Gasteiger partial charge is 0.317 e. The Morgan fingerprint density at radius 1 is 1.15 bits per heavy atom. The minimum absolute atomic E-state index is 0.776. The summed E-state index contributed by atoms with van der Waals surface area (Å²) in [6.07, 6.45) is 8.54. The first kappa shape index (κ1) is 11.0. The molecule has 0 spiro atoms. The molecule has 0 aromatic carbocycles. The highest BCUT2D eigenvalue weighted by molar-refractivity contribution is 4.79. The monoisotopic (exact) mass is 183 g/mol. The fraction of sp³-hybridized carbons (Fsp3) is 1.00. The number of nitrogens with one attached hydrogen (secondary N) is 1. The van der Waals surface area contributed by atoms with Gasteiger partial charge in [-0.15, -0.1) is 0 Å². The fourth-order valence-electron chi connectivity index (χ4n) is 2.77. The van der Waals surface area contributed by atoms with Crippen molar-refractivity contribution in [3.8, 4) is 0 Å². The minimum atomic E-state index is 0.776. The Bertz CT molecular complexity index is 121. The van der Waals surface area contributed by atoms with E-state index in [4.69, 9.17) is 0 Å². The van der Waals surface area contributed by atoms with Gasteiger partial charge >= 0.3 is 0 Å². The van der Waals surface area contributed by atoms with Crippen LogP contribution in [0.2, 0.25) is 0 Å². The van der Waals surface area contributed by atoms with Gasteiger partial charge in [0.1, 0.15) is 0 Å². The first-order valence-corrected chi connectivity index (χ1v) is 5.99. The van der Waals surface area contributed by atoms with Gasteiger partial charge in [-0.05, 0) is 38.1 Å². The number of hydrogen-bond donors (Lipinski definition) is 1. The summed E-state index contributed by atoms with van der Waals surface area (Å²) < 4.78 is 0. The molecule has 0 radical (unpaired) electrons. The average molecular weight is 183 g/mol. The van der Waals surface area contributed by atoms with Gasteiger partial charge in [-0.25, -0.2) is 0 Å². The summed E-state index contributed by atoms with van der Waals surface area (Å²) in [4.78, 5) is 0. The molecule has 1 aliphatic rings. The van der Waals surface area contributed by atoms with Gasteiger partial charge < -0.3 is 5.32 Å². The van der Waals surface area contributed by atoms with E-state index in [1.54, 1.807) is 0 Å². The molecule has 0 saturated heterocycles. The Morgan fingerprint density at radius 2 is 1.77 bits per heavy atom. The molecule has 1 unspecified atom stereocenters. The third-order valence-electron chi connectivity index (χ3n) is 3.85. The van der Waals surface area contributed by atoms with Crippen LogP contribution in [-0.2, 0) is 0 Å². The van der Waals surface area contributed by atoms with E-state index in [0.29, 0.717) is 0 Å². The average Bonchev–Trinajstić information content (AvgIpc) is 2.21. The van der Waals surface area contributed by atoms with Crippen LogP contribution >= 0.6 is 0 Å². The van der Waals surface area contributed by atoms with Crippen LogP contribution < -0.4 is 5.32 Å². The molecule has 1 heteroatoms. The Kier molecular flexibility index (Phi) is 4.79. The first-order chi connectivity index (χ1) is 6.31. The number of rotatable bonds is 4. The summed E-state index contributed by atoms with van der Waals surface area (Å²) in [6.45, 7) is 4.63. The predicted octanol–water partition coefficient (Wildman–Crippen LogP) is 3.20. The second-order valence-corrected chi connectivity index (χ2v) is 4.49. The van der Waals surface area contributed by atoms with Gasteiger partial charge in [0.25, 0.3) is 0 Å². The molecule has 78 valence electrons. The maximum atomic E-state index is 3.45. The quantitative estimate of drug-likeness (QED) is 0.706. The fourth-order valence-corrected chi connectivity index (χ4v) is 2.77. The van der Waals surface area contributed by atoms with E-state index in [1.807, 2.05) is 0 Å². The predicted molar refractivity (Wildman–Crippen MR) is 58.9 cm³/mol. The van der Waals surface area contributed by atoms with Crippen molar-refractivity contribution in [3.05, 3.63) is 0 Å². The Morgan fingerprint density at radius 3 is 2.15 bits per heavy atom. The van der Waals surface area contributed by atoms with Crippen LogP contribution in [0.5, 0.6) is 0 Å². The lowest BCUT2D eigenvalue weighted by atomic mass is 9.77. The highest BCUT2D eigenvalue weighted by Crippen LogP contribution is 2.32. The Hall–Kier alpha value is -0.0400. The van der Waals surface area contributed by atoms with E-state index in [2.05, 4.69) is 26.2 Å². The van der Waals surface area contributed by atoms with Crippen molar-refractivity contribution >= 4 is 0 Å². The molecule has 1 rings (SSSR count). The molecule has 1 nitrogen and oxygen atoms in total. The standard InChI is InChI=1S/C12H25N/c1-4-10-6-8-11(9-7-10)12(5-2)13-3/h10-13H,4-9H2,1-3H3. The molecular formula is C12H25N. The van der Waals surface area contributed by atoms with E-state index in [1.165, 1.54) is 38.5 Å². The van der Waals surface area contributed by atoms with Crippen LogP contribution in [0.15, 0.2) is 0 Å². The summed E-state index contributed by atoms with van der Waals surface area (Å²) >= 11 is 0. The van der Waals surface area contributed by atoms with Gasteiger partial charge in [0.2, 0.25) is 0 Å². The van der Waals surface area contributed by atoms with Crippen LogP contribution in [-0.4, -0.2) is 13.1 Å². The van der Waals surface area contributed by atoms with Crippen LogP contribution in [0.3, 0.4) is 0 Å². The van der Waals surface area contributed by atoms with E-state index in [9.17, 15) is 0 Å². The molecule has 0 aromatic heterocycles. The zero-order valence-corrected chi connectivity index (χ0v) is 9.47. The normalized spacial score (nSPS) is 31.6. The van der Waals surface area contributed by atoms with E-state index in [0.717, 1.165) is 17.9 Å². The lowest BCUT2D eigenvalue weighted by Crippen LogP contribution is -2.35. The molecule has 13 heavy (non-hydrogen) atoms. The highest BCUT2D eigenvalue weighted by Gasteiger charge is 2.24. The summed E-state index contributed by atoms with van der Waals surface area (Å²) in [5.74, 6) is 1.99. The summed E-state index contributed by atoms with van der Waals surface area (Å²) in [6, 6.07) is 0.776. The second kappa shape index (κ2) is 5.64. The van der Waals surface area contributed by atoms with Crippen molar-refractivity contribution in [1.29, 1.82) is 0 Å². The SMILES string of the molecule is CCC1CCC(C(CC)NC)CC1. The summed E-state index contributed by atoms with van der Waals surface area (Å²) in [5.41, 5.74) is 0. The lowest BCUT2D eigenvalue weighted by molar-refractivity contribution is 0.220. The highest BCUT2D eigenvalue weighted by atomic mass is 14.9. The van der Waals surface area contributed by atoms with Crippen molar-refractivity contribution in [2.24, 2.45) is 11.8 Å². The maximum absolute atomic E-state index is 3.45. The van der Waals surface area contributed by atoms with Gasteiger partial charge in [0.15, 0.2) is 0 Å². The summed E-state index contributed by atoms with van der Waals surface area (Å²) in [5, 5.41) is 3.45. The van der Waals surface area contributed by atoms with Gasteiger partial charge in [-0.3, -0.25) is 0 Å². The molecule has 1 N–H and O–H groups in total. The van der Waals surface area contributed by atoms with E-state index >= 15 is 0 Å². The van der Waals surface area contributed by atoms with Crippen molar-refractivity contribution in [2.75, 3.05) is 7.05 Å². The smallest absolute Gasteiger partial charge is 0.00897 e. The topological polar surface area (TPSA) is 12.0 Å². The van der Waals surface area contributed by atoms with Crippen molar-refractivity contribution in [1.82, 2.24) is 5.32 Å². The Balaban J connectivity index is 2.30. The van der Waals surface area contributed by atoms with Crippen molar-refractivity contribution in [2.45, 2.75) is 58.4 Å². The van der Waals surface area contributed by atoms with Gasteiger partial charge in [-0.2, -0.15) is 0 Å². The molecule has 1 atom stereocenters. The third-order valence-corrected chi connectivity index (χ3v) is 3.85. The maximum Gasteiger partial charge on any atom is 0.00897 e. The molecule has 0 heterocycles. The third kappa shape index (κ3) is 2.98. The molecule has 0 amide bonds. The lowest BCUT2D eigenvalue weighted by Gasteiger charge is -2.33.